The molecule has 1 aliphatic rings. The molecule has 0 spiro atoms. The van der Waals surface area contributed by atoms with Crippen molar-refractivity contribution in [1.82, 2.24) is 9.47 Å². The molecule has 28 heavy (non-hydrogen) atoms. The van der Waals surface area contributed by atoms with E-state index in [0.717, 1.165) is 53.4 Å². The maximum atomic E-state index is 13.4. The number of amides is 1. The fourth-order valence-corrected chi connectivity index (χ4v) is 4.18. The van der Waals surface area contributed by atoms with Crippen LogP contribution < -0.4 is 4.74 Å². The largest absolute Gasteiger partial charge is 0.497 e. The molecule has 2 aromatic heterocycles. The molecule has 0 aliphatic carbocycles. The predicted octanol–water partition coefficient (Wildman–Crippen LogP) is 4.73. The van der Waals surface area contributed by atoms with Crippen LogP contribution in [0.3, 0.4) is 0 Å². The normalized spacial score (nSPS) is 16.5. The summed E-state index contributed by atoms with van der Waals surface area (Å²) in [5.41, 5.74) is 3.96. The van der Waals surface area contributed by atoms with E-state index in [0.29, 0.717) is 6.54 Å². The number of carbonyl (C=O) groups excluding carboxylic acids is 1. The second kappa shape index (κ2) is 7.58. The van der Waals surface area contributed by atoms with Crippen molar-refractivity contribution in [1.29, 1.82) is 0 Å². The first-order valence-electron chi connectivity index (χ1n) is 9.72. The molecule has 0 N–H and O–H groups in total. The second-order valence-electron chi connectivity index (χ2n) is 7.38. The molecular formula is C23H26N2O3. The number of hydrogen-bond donors (Lipinski definition) is 0. The number of likely N-dealkylation sites (tertiary alicyclic amines) is 1. The Kier molecular flexibility index (Phi) is 4.99. The highest BCUT2D eigenvalue weighted by Gasteiger charge is 2.32. The van der Waals surface area contributed by atoms with Gasteiger partial charge in [0.2, 0.25) is 0 Å². The minimum Gasteiger partial charge on any atom is -0.497 e. The summed E-state index contributed by atoms with van der Waals surface area (Å²) in [5, 5.41) is 0. The number of hydrogen-bond acceptors (Lipinski definition) is 3. The van der Waals surface area contributed by atoms with Gasteiger partial charge >= 0.3 is 0 Å². The Morgan fingerprint density at radius 3 is 2.82 bits per heavy atom. The van der Waals surface area contributed by atoms with E-state index >= 15 is 0 Å². The van der Waals surface area contributed by atoms with Crippen LogP contribution in [-0.2, 0) is 6.54 Å². The molecule has 0 bridgehead atoms. The zero-order valence-corrected chi connectivity index (χ0v) is 16.6. The number of methoxy groups -OCH3 is 1. The molecule has 1 unspecified atom stereocenters. The van der Waals surface area contributed by atoms with Gasteiger partial charge in [-0.15, -0.1) is 0 Å². The van der Waals surface area contributed by atoms with Gasteiger partial charge in [0.25, 0.3) is 5.91 Å². The highest BCUT2D eigenvalue weighted by molar-refractivity contribution is 5.96. The first kappa shape index (κ1) is 18.4. The fraction of sp³-hybridized carbons (Fsp3) is 0.348. The van der Waals surface area contributed by atoms with Gasteiger partial charge in [-0.1, -0.05) is 12.1 Å². The van der Waals surface area contributed by atoms with Crippen molar-refractivity contribution >= 4 is 5.91 Å². The molecule has 0 saturated carbocycles. The van der Waals surface area contributed by atoms with Crippen LogP contribution in [0.4, 0.5) is 0 Å². The van der Waals surface area contributed by atoms with Crippen molar-refractivity contribution in [3.63, 3.8) is 0 Å². The van der Waals surface area contributed by atoms with E-state index in [1.54, 1.807) is 13.4 Å². The fourth-order valence-electron chi connectivity index (χ4n) is 4.18. The maximum absolute atomic E-state index is 13.4. The highest BCUT2D eigenvalue weighted by Crippen LogP contribution is 2.35. The Morgan fingerprint density at radius 2 is 2.07 bits per heavy atom. The van der Waals surface area contributed by atoms with Gasteiger partial charge < -0.3 is 18.6 Å². The molecule has 5 nitrogen and oxygen atoms in total. The molecule has 3 heterocycles. The van der Waals surface area contributed by atoms with Gasteiger partial charge in [0.15, 0.2) is 0 Å². The van der Waals surface area contributed by atoms with Crippen LogP contribution in [0.5, 0.6) is 5.75 Å². The Labute approximate surface area is 165 Å². The first-order valence-corrected chi connectivity index (χ1v) is 9.72. The van der Waals surface area contributed by atoms with Crippen LogP contribution in [0.15, 0.2) is 53.1 Å². The lowest BCUT2D eigenvalue weighted by Gasteiger charge is -2.25. The molecule has 3 aromatic rings. The smallest absolute Gasteiger partial charge is 0.256 e. The van der Waals surface area contributed by atoms with E-state index in [2.05, 4.69) is 10.6 Å². The van der Waals surface area contributed by atoms with Crippen LogP contribution in [-0.4, -0.2) is 29.0 Å². The number of nitrogens with zero attached hydrogens (tertiary/aromatic N) is 2. The number of aromatic nitrogens is 1. The van der Waals surface area contributed by atoms with Crippen molar-refractivity contribution in [2.45, 2.75) is 39.3 Å². The third-order valence-electron chi connectivity index (χ3n) is 5.69. The number of furan rings is 1. The summed E-state index contributed by atoms with van der Waals surface area (Å²) < 4.78 is 13.0. The van der Waals surface area contributed by atoms with Crippen LogP contribution in [0, 0.1) is 13.8 Å². The summed E-state index contributed by atoms with van der Waals surface area (Å²) in [4.78, 5) is 15.4. The maximum Gasteiger partial charge on any atom is 0.256 e. The lowest BCUT2D eigenvalue weighted by atomic mass is 10.0. The number of ether oxygens (including phenoxy) is 1. The van der Waals surface area contributed by atoms with Gasteiger partial charge in [0.05, 0.1) is 31.5 Å². The SMILES string of the molecule is COc1cccc(C2CCCN2C(=O)c2cc(C)n(Cc3ccco3)c2C)c1. The Morgan fingerprint density at radius 1 is 1.21 bits per heavy atom. The Bertz CT molecular complexity index is 972. The number of rotatable bonds is 5. The van der Waals surface area contributed by atoms with E-state index in [1.165, 1.54) is 0 Å². The second-order valence-corrected chi connectivity index (χ2v) is 7.38. The van der Waals surface area contributed by atoms with E-state index in [1.807, 2.05) is 55.1 Å². The third kappa shape index (κ3) is 3.33. The molecular weight excluding hydrogens is 352 g/mol. The van der Waals surface area contributed by atoms with Gasteiger partial charge in [-0.3, -0.25) is 4.79 Å². The molecule has 1 amide bonds. The molecule has 1 fully saturated rings. The van der Waals surface area contributed by atoms with Crippen LogP contribution in [0.2, 0.25) is 0 Å². The van der Waals surface area contributed by atoms with E-state index in [4.69, 9.17) is 9.15 Å². The summed E-state index contributed by atoms with van der Waals surface area (Å²) in [5.74, 6) is 1.81. The van der Waals surface area contributed by atoms with Gasteiger partial charge in [-0.25, -0.2) is 0 Å². The molecule has 1 aliphatic heterocycles. The Hall–Kier alpha value is -2.95. The molecule has 1 aromatic carbocycles. The summed E-state index contributed by atoms with van der Waals surface area (Å²) in [6.45, 7) is 5.47. The average molecular weight is 378 g/mol. The lowest BCUT2D eigenvalue weighted by molar-refractivity contribution is 0.0734. The average Bonchev–Trinajstić information content (AvgIpc) is 3.45. The van der Waals surface area contributed by atoms with Crippen LogP contribution in [0.1, 0.15) is 52.0 Å². The van der Waals surface area contributed by atoms with Crippen molar-refractivity contribution in [2.75, 3.05) is 13.7 Å². The van der Waals surface area contributed by atoms with Gasteiger partial charge in [-0.2, -0.15) is 0 Å². The first-order chi connectivity index (χ1) is 13.6. The minimum absolute atomic E-state index is 0.0933. The standard InChI is InChI=1S/C23H26N2O3/c1-16-13-21(17(2)25(16)15-20-9-6-12-28-20)23(26)24-11-5-10-22(24)18-7-4-8-19(14-18)27-3/h4,6-9,12-14,22H,5,10-11,15H2,1-3H3. The number of aryl methyl sites for hydroxylation is 1. The lowest BCUT2D eigenvalue weighted by Crippen LogP contribution is -2.31. The predicted molar refractivity (Wildman–Crippen MR) is 108 cm³/mol. The topological polar surface area (TPSA) is 47.6 Å². The van der Waals surface area contributed by atoms with Crippen molar-refractivity contribution < 1.29 is 13.9 Å². The van der Waals surface area contributed by atoms with Gasteiger partial charge in [-0.05, 0) is 62.6 Å². The Balaban J connectivity index is 1.61. The summed E-state index contributed by atoms with van der Waals surface area (Å²) in [7, 11) is 1.67. The molecule has 5 heteroatoms. The molecule has 1 saturated heterocycles. The van der Waals surface area contributed by atoms with Crippen LogP contribution >= 0.6 is 0 Å². The molecule has 0 radical (unpaired) electrons. The third-order valence-corrected chi connectivity index (χ3v) is 5.69. The van der Waals surface area contributed by atoms with Gasteiger partial charge in [0, 0.05) is 17.9 Å². The number of carbonyl (C=O) groups is 1. The van der Waals surface area contributed by atoms with Crippen molar-refractivity contribution in [2.24, 2.45) is 0 Å². The van der Waals surface area contributed by atoms with E-state index in [9.17, 15) is 4.79 Å². The summed E-state index contributed by atoms with van der Waals surface area (Å²) in [6, 6.07) is 14.0. The van der Waals surface area contributed by atoms with Crippen molar-refractivity contribution in [3.8, 4) is 5.75 Å². The zero-order valence-electron chi connectivity index (χ0n) is 16.6. The van der Waals surface area contributed by atoms with Gasteiger partial charge in [0.1, 0.15) is 11.5 Å². The van der Waals surface area contributed by atoms with Crippen LogP contribution in [0.25, 0.3) is 0 Å². The zero-order chi connectivity index (χ0) is 19.7. The monoisotopic (exact) mass is 378 g/mol. The van der Waals surface area contributed by atoms with E-state index < -0.39 is 0 Å². The van der Waals surface area contributed by atoms with Crippen molar-refractivity contribution in [3.05, 3.63) is 77.0 Å². The summed E-state index contributed by atoms with van der Waals surface area (Å²) in [6.07, 6.45) is 3.67. The molecule has 4 rings (SSSR count). The number of benzene rings is 1. The molecule has 1 atom stereocenters. The quantitative estimate of drug-likeness (QED) is 0.645. The molecule has 146 valence electrons. The van der Waals surface area contributed by atoms with E-state index in [-0.39, 0.29) is 11.9 Å². The summed E-state index contributed by atoms with van der Waals surface area (Å²) >= 11 is 0. The highest BCUT2D eigenvalue weighted by atomic mass is 16.5. The minimum atomic E-state index is 0.0933.